The molecule has 0 spiro atoms. The SMILES string of the molecule is Cc1cccc(C(=O)NCc2ccc(F)cc2)c1Br. The van der Waals surface area contributed by atoms with E-state index < -0.39 is 0 Å². The fraction of sp³-hybridized carbons (Fsp3) is 0.133. The van der Waals surface area contributed by atoms with Crippen molar-refractivity contribution in [2.24, 2.45) is 0 Å². The molecule has 0 radical (unpaired) electrons. The molecule has 1 N–H and O–H groups in total. The van der Waals surface area contributed by atoms with Crippen LogP contribution in [0.1, 0.15) is 21.5 Å². The Morgan fingerprint density at radius 2 is 1.89 bits per heavy atom. The Hall–Kier alpha value is -1.68. The summed E-state index contributed by atoms with van der Waals surface area (Å²) in [5.41, 5.74) is 2.47. The van der Waals surface area contributed by atoms with Crippen LogP contribution in [0.3, 0.4) is 0 Å². The monoisotopic (exact) mass is 321 g/mol. The molecule has 0 unspecified atom stereocenters. The van der Waals surface area contributed by atoms with E-state index in [4.69, 9.17) is 0 Å². The molecule has 0 aliphatic carbocycles. The van der Waals surface area contributed by atoms with Gasteiger partial charge < -0.3 is 5.32 Å². The molecule has 2 aromatic rings. The highest BCUT2D eigenvalue weighted by Crippen LogP contribution is 2.20. The zero-order valence-corrected chi connectivity index (χ0v) is 12.0. The van der Waals surface area contributed by atoms with Crippen molar-refractivity contribution in [1.82, 2.24) is 5.32 Å². The van der Waals surface area contributed by atoms with Gasteiger partial charge in [0, 0.05) is 11.0 Å². The lowest BCUT2D eigenvalue weighted by Gasteiger charge is -2.08. The van der Waals surface area contributed by atoms with E-state index in [1.807, 2.05) is 19.1 Å². The summed E-state index contributed by atoms with van der Waals surface area (Å²) in [6, 6.07) is 11.6. The molecule has 0 bridgehead atoms. The molecule has 0 aliphatic rings. The van der Waals surface area contributed by atoms with Crippen LogP contribution < -0.4 is 5.32 Å². The first-order chi connectivity index (χ1) is 9.08. The molecule has 0 saturated carbocycles. The van der Waals surface area contributed by atoms with E-state index in [0.29, 0.717) is 12.1 Å². The van der Waals surface area contributed by atoms with Crippen LogP contribution in [0.4, 0.5) is 4.39 Å². The summed E-state index contributed by atoms with van der Waals surface area (Å²) in [7, 11) is 0. The standard InChI is InChI=1S/C15H13BrFNO/c1-10-3-2-4-13(14(10)16)15(19)18-9-11-5-7-12(17)8-6-11/h2-8H,9H2,1H3,(H,18,19). The fourth-order valence-electron chi connectivity index (χ4n) is 1.70. The van der Waals surface area contributed by atoms with Crippen LogP contribution in [-0.4, -0.2) is 5.91 Å². The minimum Gasteiger partial charge on any atom is -0.348 e. The molecular formula is C15H13BrFNO. The summed E-state index contributed by atoms with van der Waals surface area (Å²) >= 11 is 3.41. The van der Waals surface area contributed by atoms with Gasteiger partial charge in [0.25, 0.3) is 5.91 Å². The maximum atomic E-state index is 12.8. The first-order valence-corrected chi connectivity index (χ1v) is 6.65. The zero-order chi connectivity index (χ0) is 13.8. The van der Waals surface area contributed by atoms with E-state index in [-0.39, 0.29) is 11.7 Å². The molecule has 0 atom stereocenters. The van der Waals surface area contributed by atoms with Crippen molar-refractivity contribution in [3.63, 3.8) is 0 Å². The maximum absolute atomic E-state index is 12.8. The van der Waals surface area contributed by atoms with Crippen LogP contribution in [0.5, 0.6) is 0 Å². The third-order valence-electron chi connectivity index (χ3n) is 2.80. The average molecular weight is 322 g/mol. The summed E-state index contributed by atoms with van der Waals surface area (Å²) in [5.74, 6) is -0.434. The first kappa shape index (κ1) is 13.7. The Kier molecular flexibility index (Phi) is 4.32. The molecule has 19 heavy (non-hydrogen) atoms. The zero-order valence-electron chi connectivity index (χ0n) is 10.4. The number of hydrogen-bond acceptors (Lipinski definition) is 1. The van der Waals surface area contributed by atoms with Gasteiger partial charge in [0.1, 0.15) is 5.82 Å². The lowest BCUT2D eigenvalue weighted by atomic mass is 10.1. The molecule has 0 saturated heterocycles. The highest BCUT2D eigenvalue weighted by Gasteiger charge is 2.10. The van der Waals surface area contributed by atoms with Crippen molar-refractivity contribution in [2.75, 3.05) is 0 Å². The van der Waals surface area contributed by atoms with Crippen LogP contribution in [0.25, 0.3) is 0 Å². The number of carbonyl (C=O) groups excluding carboxylic acids is 1. The molecule has 0 aromatic heterocycles. The van der Waals surface area contributed by atoms with Crippen LogP contribution in [0.2, 0.25) is 0 Å². The summed E-state index contributed by atoms with van der Waals surface area (Å²) in [6.07, 6.45) is 0. The first-order valence-electron chi connectivity index (χ1n) is 5.85. The van der Waals surface area contributed by atoms with E-state index in [2.05, 4.69) is 21.2 Å². The topological polar surface area (TPSA) is 29.1 Å². The average Bonchev–Trinajstić information content (AvgIpc) is 2.41. The van der Waals surface area contributed by atoms with Crippen molar-refractivity contribution in [2.45, 2.75) is 13.5 Å². The van der Waals surface area contributed by atoms with E-state index >= 15 is 0 Å². The van der Waals surface area contributed by atoms with Gasteiger partial charge in [0.15, 0.2) is 0 Å². The molecule has 4 heteroatoms. The van der Waals surface area contributed by atoms with Crippen molar-refractivity contribution < 1.29 is 9.18 Å². The Morgan fingerprint density at radius 1 is 1.21 bits per heavy atom. The van der Waals surface area contributed by atoms with Gasteiger partial charge in [0.05, 0.1) is 5.56 Å². The fourth-order valence-corrected chi connectivity index (χ4v) is 2.15. The molecule has 1 amide bonds. The van der Waals surface area contributed by atoms with Gasteiger partial charge in [-0.25, -0.2) is 4.39 Å². The smallest absolute Gasteiger partial charge is 0.252 e. The second-order valence-electron chi connectivity index (χ2n) is 4.25. The minimum atomic E-state index is -0.281. The normalized spacial score (nSPS) is 10.3. The van der Waals surface area contributed by atoms with Crippen LogP contribution in [-0.2, 0) is 6.54 Å². The van der Waals surface area contributed by atoms with Gasteiger partial charge in [-0.05, 0) is 52.2 Å². The van der Waals surface area contributed by atoms with Crippen LogP contribution >= 0.6 is 15.9 Å². The lowest BCUT2D eigenvalue weighted by molar-refractivity contribution is 0.0950. The van der Waals surface area contributed by atoms with Crippen LogP contribution in [0, 0.1) is 12.7 Å². The summed E-state index contributed by atoms with van der Waals surface area (Å²) in [5, 5.41) is 2.81. The second kappa shape index (κ2) is 5.97. The Balaban J connectivity index is 2.05. The van der Waals surface area contributed by atoms with E-state index in [1.54, 1.807) is 18.2 Å². The number of carbonyl (C=O) groups is 1. The second-order valence-corrected chi connectivity index (χ2v) is 5.04. The molecule has 98 valence electrons. The molecule has 0 aliphatic heterocycles. The molecular weight excluding hydrogens is 309 g/mol. The third kappa shape index (κ3) is 3.41. The van der Waals surface area contributed by atoms with E-state index in [0.717, 1.165) is 15.6 Å². The lowest BCUT2D eigenvalue weighted by Crippen LogP contribution is -2.23. The molecule has 0 fully saturated rings. The molecule has 0 heterocycles. The predicted octanol–water partition coefficient (Wildman–Crippen LogP) is 3.83. The van der Waals surface area contributed by atoms with E-state index in [1.165, 1.54) is 12.1 Å². The summed E-state index contributed by atoms with van der Waals surface area (Å²) in [6.45, 7) is 2.31. The van der Waals surface area contributed by atoms with Gasteiger partial charge in [-0.2, -0.15) is 0 Å². The van der Waals surface area contributed by atoms with Gasteiger partial charge in [0.2, 0.25) is 0 Å². The summed E-state index contributed by atoms with van der Waals surface area (Å²) < 4.78 is 13.6. The minimum absolute atomic E-state index is 0.153. The number of amides is 1. The number of aryl methyl sites for hydroxylation is 1. The van der Waals surface area contributed by atoms with Gasteiger partial charge in [-0.3, -0.25) is 4.79 Å². The number of halogens is 2. The molecule has 2 aromatic carbocycles. The van der Waals surface area contributed by atoms with Crippen LogP contribution in [0.15, 0.2) is 46.9 Å². The number of nitrogens with one attached hydrogen (secondary N) is 1. The third-order valence-corrected chi connectivity index (χ3v) is 3.86. The molecule has 2 nitrogen and oxygen atoms in total. The van der Waals surface area contributed by atoms with Crippen molar-refractivity contribution in [3.8, 4) is 0 Å². The van der Waals surface area contributed by atoms with E-state index in [9.17, 15) is 9.18 Å². The highest BCUT2D eigenvalue weighted by molar-refractivity contribution is 9.10. The quantitative estimate of drug-likeness (QED) is 0.914. The van der Waals surface area contributed by atoms with Gasteiger partial charge >= 0.3 is 0 Å². The van der Waals surface area contributed by atoms with Crippen molar-refractivity contribution in [3.05, 3.63) is 69.4 Å². The predicted molar refractivity (Wildman–Crippen MR) is 76.4 cm³/mol. The number of hydrogen-bond donors (Lipinski definition) is 1. The Labute approximate surface area is 119 Å². The highest BCUT2D eigenvalue weighted by atomic mass is 79.9. The number of rotatable bonds is 3. The number of benzene rings is 2. The van der Waals surface area contributed by atoms with Gasteiger partial charge in [-0.15, -0.1) is 0 Å². The Bertz CT molecular complexity index is 596. The summed E-state index contributed by atoms with van der Waals surface area (Å²) in [4.78, 5) is 12.0. The maximum Gasteiger partial charge on any atom is 0.252 e. The van der Waals surface area contributed by atoms with Gasteiger partial charge in [-0.1, -0.05) is 24.3 Å². The van der Waals surface area contributed by atoms with Crippen molar-refractivity contribution in [1.29, 1.82) is 0 Å². The molecule has 2 rings (SSSR count). The largest absolute Gasteiger partial charge is 0.348 e. The Morgan fingerprint density at radius 3 is 2.58 bits per heavy atom. The van der Waals surface area contributed by atoms with Crippen molar-refractivity contribution >= 4 is 21.8 Å².